The molecule has 1 aliphatic rings. The Hall–Kier alpha value is -2.97. The summed E-state index contributed by atoms with van der Waals surface area (Å²) in [7, 11) is -3.97. The van der Waals surface area contributed by atoms with Gasteiger partial charge in [0.1, 0.15) is 0 Å². The highest BCUT2D eigenvalue weighted by molar-refractivity contribution is 9.10. The van der Waals surface area contributed by atoms with Gasteiger partial charge in [-0.15, -0.1) is 0 Å². The molecule has 1 aliphatic carbocycles. The topological polar surface area (TPSA) is 106 Å². The molecule has 0 bridgehead atoms. The number of anilines is 2. The van der Waals surface area contributed by atoms with Gasteiger partial charge in [-0.1, -0.05) is 42.5 Å². The monoisotopic (exact) mass is 456 g/mol. The van der Waals surface area contributed by atoms with Crippen LogP contribution in [0.4, 0.5) is 11.4 Å². The van der Waals surface area contributed by atoms with E-state index >= 15 is 0 Å². The third kappa shape index (κ3) is 2.81. The van der Waals surface area contributed by atoms with Crippen LogP contribution in [0.15, 0.2) is 70.0 Å². The smallest absolute Gasteiger partial charge is 0.261 e. The van der Waals surface area contributed by atoms with Gasteiger partial charge >= 0.3 is 0 Å². The van der Waals surface area contributed by atoms with E-state index in [1.165, 1.54) is 24.3 Å². The van der Waals surface area contributed by atoms with Gasteiger partial charge in [0.2, 0.25) is 0 Å². The molecular formula is C20H13BrN2O4S. The number of fused-ring (bicyclic) bond motifs is 2. The fraction of sp³-hybridized carbons (Fsp3) is 0. The molecule has 0 saturated carbocycles. The second-order valence-corrected chi connectivity index (χ2v) is 8.73. The predicted molar refractivity (Wildman–Crippen MR) is 109 cm³/mol. The lowest BCUT2D eigenvalue weighted by Crippen LogP contribution is -2.25. The van der Waals surface area contributed by atoms with Crippen LogP contribution >= 0.6 is 15.9 Å². The summed E-state index contributed by atoms with van der Waals surface area (Å²) >= 11 is 3.25. The van der Waals surface area contributed by atoms with Crippen molar-refractivity contribution in [2.45, 2.75) is 4.90 Å². The van der Waals surface area contributed by atoms with Crippen molar-refractivity contribution in [1.29, 1.82) is 0 Å². The normalized spacial score (nSPS) is 13.0. The highest BCUT2D eigenvalue weighted by Gasteiger charge is 2.35. The van der Waals surface area contributed by atoms with Crippen molar-refractivity contribution < 1.29 is 18.0 Å². The van der Waals surface area contributed by atoms with Crippen LogP contribution in [0, 0.1) is 0 Å². The summed E-state index contributed by atoms with van der Waals surface area (Å²) in [4.78, 5) is 26.1. The average molecular weight is 457 g/mol. The summed E-state index contributed by atoms with van der Waals surface area (Å²) in [5.74, 6) is -0.890. The SMILES string of the molecule is Nc1c(Br)cc(NS(=O)(=O)c2ccccc2)c2c1C(=O)c1ccccc1C2=O. The molecule has 0 aliphatic heterocycles. The van der Waals surface area contributed by atoms with Gasteiger partial charge in [0.15, 0.2) is 11.6 Å². The Kier molecular flexibility index (Phi) is 4.32. The van der Waals surface area contributed by atoms with E-state index in [9.17, 15) is 18.0 Å². The van der Waals surface area contributed by atoms with Gasteiger partial charge in [-0.3, -0.25) is 14.3 Å². The number of carbonyl (C=O) groups is 2. The van der Waals surface area contributed by atoms with Crippen LogP contribution in [-0.2, 0) is 10.0 Å². The van der Waals surface area contributed by atoms with Crippen molar-refractivity contribution in [3.8, 4) is 0 Å². The minimum absolute atomic E-state index is 0.00668. The molecule has 0 amide bonds. The first-order valence-electron chi connectivity index (χ1n) is 8.19. The molecule has 3 aromatic rings. The van der Waals surface area contributed by atoms with E-state index in [0.717, 1.165) is 0 Å². The number of rotatable bonds is 3. The molecule has 0 fully saturated rings. The molecule has 0 heterocycles. The fourth-order valence-electron chi connectivity index (χ4n) is 3.17. The molecule has 3 N–H and O–H groups in total. The second-order valence-electron chi connectivity index (χ2n) is 6.19. The van der Waals surface area contributed by atoms with E-state index in [1.54, 1.807) is 36.4 Å². The Bertz CT molecular complexity index is 1250. The zero-order chi connectivity index (χ0) is 20.1. The zero-order valence-corrected chi connectivity index (χ0v) is 16.7. The summed E-state index contributed by atoms with van der Waals surface area (Å²) in [6.45, 7) is 0. The summed E-state index contributed by atoms with van der Waals surface area (Å²) in [5, 5.41) is 0. The highest BCUT2D eigenvalue weighted by Crippen LogP contribution is 2.40. The minimum atomic E-state index is -3.97. The molecule has 6 nitrogen and oxygen atoms in total. The van der Waals surface area contributed by atoms with Gasteiger partial charge in [-0.2, -0.15) is 0 Å². The summed E-state index contributed by atoms with van der Waals surface area (Å²) in [6.07, 6.45) is 0. The molecule has 8 heteroatoms. The Labute approximate surface area is 169 Å². The fourth-order valence-corrected chi connectivity index (χ4v) is 4.68. The molecule has 3 aromatic carbocycles. The number of benzene rings is 3. The maximum atomic E-state index is 13.1. The molecule has 28 heavy (non-hydrogen) atoms. The molecular weight excluding hydrogens is 444 g/mol. The van der Waals surface area contributed by atoms with Crippen LogP contribution in [0.1, 0.15) is 31.8 Å². The molecule has 4 rings (SSSR count). The minimum Gasteiger partial charge on any atom is -0.397 e. The molecule has 0 atom stereocenters. The highest BCUT2D eigenvalue weighted by atomic mass is 79.9. The third-order valence-corrected chi connectivity index (χ3v) is 6.52. The first kappa shape index (κ1) is 18.4. The Morgan fingerprint density at radius 2 is 1.36 bits per heavy atom. The molecule has 140 valence electrons. The quantitative estimate of drug-likeness (QED) is 0.458. The lowest BCUT2D eigenvalue weighted by molar-refractivity contribution is 0.0980. The maximum Gasteiger partial charge on any atom is 0.261 e. The van der Waals surface area contributed by atoms with Crippen LogP contribution < -0.4 is 10.5 Å². The van der Waals surface area contributed by atoms with Crippen LogP contribution in [-0.4, -0.2) is 20.0 Å². The third-order valence-electron chi connectivity index (χ3n) is 4.49. The van der Waals surface area contributed by atoms with Crippen molar-refractivity contribution in [3.05, 3.63) is 87.4 Å². The predicted octanol–water partition coefficient (Wildman–Crippen LogP) is 3.61. The number of halogens is 1. The number of hydrogen-bond donors (Lipinski definition) is 2. The van der Waals surface area contributed by atoms with Gasteiger partial charge in [-0.05, 0) is 34.1 Å². The number of carbonyl (C=O) groups excluding carboxylic acids is 2. The Morgan fingerprint density at radius 1 is 0.821 bits per heavy atom. The van der Waals surface area contributed by atoms with Crippen LogP contribution in [0.2, 0.25) is 0 Å². The number of ketones is 2. The second kappa shape index (κ2) is 6.57. The van der Waals surface area contributed by atoms with Crippen LogP contribution in [0.5, 0.6) is 0 Å². The maximum absolute atomic E-state index is 13.1. The van der Waals surface area contributed by atoms with Crippen molar-refractivity contribution in [3.63, 3.8) is 0 Å². The number of sulfonamides is 1. The van der Waals surface area contributed by atoms with E-state index in [-0.39, 0.29) is 38.5 Å². The van der Waals surface area contributed by atoms with Crippen LogP contribution in [0.3, 0.4) is 0 Å². The van der Waals surface area contributed by atoms with E-state index < -0.39 is 21.6 Å². The van der Waals surface area contributed by atoms with E-state index in [1.807, 2.05) is 0 Å². The molecule has 0 spiro atoms. The van der Waals surface area contributed by atoms with Crippen LogP contribution in [0.25, 0.3) is 0 Å². The lowest BCUT2D eigenvalue weighted by atomic mass is 9.82. The molecule has 0 aromatic heterocycles. The van der Waals surface area contributed by atoms with Gasteiger partial charge in [0, 0.05) is 15.6 Å². The number of nitrogens with two attached hydrogens (primary N) is 1. The summed E-state index contributed by atoms with van der Waals surface area (Å²) in [6, 6.07) is 15.5. The summed E-state index contributed by atoms with van der Waals surface area (Å²) in [5.41, 5.74) is 6.53. The largest absolute Gasteiger partial charge is 0.397 e. The van der Waals surface area contributed by atoms with Crippen molar-refractivity contribution in [2.24, 2.45) is 0 Å². The van der Waals surface area contributed by atoms with Gasteiger partial charge in [-0.25, -0.2) is 8.42 Å². The van der Waals surface area contributed by atoms with Crippen molar-refractivity contribution in [2.75, 3.05) is 10.5 Å². The number of nitrogen functional groups attached to an aromatic ring is 1. The Balaban J connectivity index is 1.93. The zero-order valence-electron chi connectivity index (χ0n) is 14.3. The molecule has 0 unspecified atom stereocenters. The average Bonchev–Trinajstić information content (AvgIpc) is 2.69. The van der Waals surface area contributed by atoms with Crippen molar-refractivity contribution >= 4 is 48.9 Å². The number of nitrogens with one attached hydrogen (secondary N) is 1. The molecule has 0 saturated heterocycles. The lowest BCUT2D eigenvalue weighted by Gasteiger charge is -2.23. The molecule has 0 radical (unpaired) electrons. The van der Waals surface area contributed by atoms with E-state index in [4.69, 9.17) is 5.73 Å². The number of hydrogen-bond acceptors (Lipinski definition) is 5. The van der Waals surface area contributed by atoms with Gasteiger partial charge in [0.25, 0.3) is 10.0 Å². The summed E-state index contributed by atoms with van der Waals surface area (Å²) < 4.78 is 28.3. The van der Waals surface area contributed by atoms with Gasteiger partial charge < -0.3 is 5.73 Å². The Morgan fingerprint density at radius 3 is 1.96 bits per heavy atom. The van der Waals surface area contributed by atoms with E-state index in [0.29, 0.717) is 4.47 Å². The first-order chi connectivity index (χ1) is 13.3. The van der Waals surface area contributed by atoms with Crippen molar-refractivity contribution in [1.82, 2.24) is 0 Å². The van der Waals surface area contributed by atoms with E-state index in [2.05, 4.69) is 20.7 Å². The van der Waals surface area contributed by atoms with Gasteiger partial charge in [0.05, 0.1) is 27.4 Å². The first-order valence-corrected chi connectivity index (χ1v) is 10.5. The standard InChI is InChI=1S/C20H13BrN2O4S/c21-14-10-15(23-28(26,27)11-6-2-1-3-7-11)16-17(18(14)22)20(25)13-9-5-4-8-12(13)19(16)24/h1-10,23H,22H2.